The fourth-order valence-corrected chi connectivity index (χ4v) is 1.81. The second-order valence-electron chi connectivity index (χ2n) is 4.39. The summed E-state index contributed by atoms with van der Waals surface area (Å²) in [4.78, 5) is 26.4. The van der Waals surface area contributed by atoms with E-state index in [0.29, 0.717) is 18.7 Å². The highest BCUT2D eigenvalue weighted by atomic mass is 16.5. The minimum atomic E-state index is -0.873. The topological polar surface area (TPSA) is 117 Å². The van der Waals surface area contributed by atoms with Gasteiger partial charge in [0.05, 0.1) is 5.41 Å². The van der Waals surface area contributed by atoms with Crippen LogP contribution in [0, 0.1) is 12.3 Å². The summed E-state index contributed by atoms with van der Waals surface area (Å²) in [7, 11) is 0. The molecule has 8 nitrogen and oxygen atoms in total. The standard InChI is InChI=1S/C10H14N4O4/c1-6-12-9(18-14-6)13-8(17)11-5-10(7(15)16)3-2-4-10/h2-5H2,1H3,(H,15,16)(H2,11,12,13,14,17). The molecule has 0 unspecified atom stereocenters. The van der Waals surface area contributed by atoms with Gasteiger partial charge in [-0.05, 0) is 19.8 Å². The number of anilines is 1. The predicted octanol–water partition coefficient (Wildman–Crippen LogP) is 0.754. The molecule has 0 radical (unpaired) electrons. The third-order valence-electron chi connectivity index (χ3n) is 3.10. The molecule has 1 aromatic rings. The first-order valence-electron chi connectivity index (χ1n) is 5.60. The van der Waals surface area contributed by atoms with Crippen LogP contribution in [0.2, 0.25) is 0 Å². The second-order valence-corrected chi connectivity index (χ2v) is 4.39. The van der Waals surface area contributed by atoms with Crippen molar-refractivity contribution in [2.75, 3.05) is 11.9 Å². The highest BCUT2D eigenvalue weighted by Crippen LogP contribution is 2.40. The van der Waals surface area contributed by atoms with Crippen LogP contribution in [-0.4, -0.2) is 33.8 Å². The van der Waals surface area contributed by atoms with Crippen LogP contribution >= 0.6 is 0 Å². The summed E-state index contributed by atoms with van der Waals surface area (Å²) < 4.78 is 4.71. The van der Waals surface area contributed by atoms with Crippen LogP contribution < -0.4 is 10.6 Å². The molecule has 2 amide bonds. The summed E-state index contributed by atoms with van der Waals surface area (Å²) in [6, 6.07) is -0.561. The molecule has 1 aliphatic carbocycles. The van der Waals surface area contributed by atoms with Crippen molar-refractivity contribution in [3.05, 3.63) is 5.82 Å². The zero-order valence-corrected chi connectivity index (χ0v) is 9.89. The van der Waals surface area contributed by atoms with E-state index in [0.717, 1.165) is 6.42 Å². The number of carboxylic acid groups (broad SMARTS) is 1. The second kappa shape index (κ2) is 4.63. The summed E-state index contributed by atoms with van der Waals surface area (Å²) in [5.74, 6) is -0.464. The molecule has 1 fully saturated rings. The zero-order valence-electron chi connectivity index (χ0n) is 9.89. The van der Waals surface area contributed by atoms with Gasteiger partial charge >= 0.3 is 18.0 Å². The number of carboxylic acids is 1. The van der Waals surface area contributed by atoms with E-state index in [4.69, 9.17) is 9.63 Å². The van der Waals surface area contributed by atoms with E-state index < -0.39 is 17.4 Å². The monoisotopic (exact) mass is 254 g/mol. The number of carbonyl (C=O) groups excluding carboxylic acids is 1. The molecule has 0 saturated heterocycles. The third kappa shape index (κ3) is 2.41. The van der Waals surface area contributed by atoms with Crippen molar-refractivity contribution < 1.29 is 19.2 Å². The van der Waals surface area contributed by atoms with Gasteiger partial charge in [-0.1, -0.05) is 11.6 Å². The number of nitrogens with zero attached hydrogens (tertiary/aromatic N) is 2. The van der Waals surface area contributed by atoms with E-state index in [1.165, 1.54) is 0 Å². The maximum Gasteiger partial charge on any atom is 0.329 e. The fraction of sp³-hybridized carbons (Fsp3) is 0.600. The molecular weight excluding hydrogens is 240 g/mol. The number of hydrogen-bond acceptors (Lipinski definition) is 5. The lowest BCUT2D eigenvalue weighted by Crippen LogP contribution is -2.48. The minimum Gasteiger partial charge on any atom is -0.481 e. The lowest BCUT2D eigenvalue weighted by atomic mass is 9.69. The number of amides is 2. The Labute approximate surface area is 103 Å². The highest BCUT2D eigenvalue weighted by molar-refractivity contribution is 5.87. The number of aryl methyl sites for hydroxylation is 1. The van der Waals surface area contributed by atoms with Gasteiger partial charge in [0.2, 0.25) is 0 Å². The number of hydrogen-bond donors (Lipinski definition) is 3. The molecule has 0 spiro atoms. The summed E-state index contributed by atoms with van der Waals surface area (Å²) in [6.07, 6.45) is 2.04. The van der Waals surface area contributed by atoms with Crippen molar-refractivity contribution in [1.82, 2.24) is 15.5 Å². The van der Waals surface area contributed by atoms with Gasteiger partial charge < -0.3 is 14.9 Å². The lowest BCUT2D eigenvalue weighted by molar-refractivity contribution is -0.153. The van der Waals surface area contributed by atoms with Gasteiger partial charge in [0.1, 0.15) is 0 Å². The van der Waals surface area contributed by atoms with E-state index >= 15 is 0 Å². The van der Waals surface area contributed by atoms with Crippen molar-refractivity contribution in [1.29, 1.82) is 0 Å². The molecule has 0 aromatic carbocycles. The van der Waals surface area contributed by atoms with Crippen LogP contribution in [0.1, 0.15) is 25.1 Å². The van der Waals surface area contributed by atoms with E-state index in [2.05, 4.69) is 20.8 Å². The Morgan fingerprint density at radius 1 is 1.50 bits per heavy atom. The van der Waals surface area contributed by atoms with E-state index in [1.54, 1.807) is 6.92 Å². The molecule has 3 N–H and O–H groups in total. The smallest absolute Gasteiger partial charge is 0.329 e. The van der Waals surface area contributed by atoms with Gasteiger partial charge in [0.15, 0.2) is 5.82 Å². The number of rotatable bonds is 4. The first-order chi connectivity index (χ1) is 8.52. The summed E-state index contributed by atoms with van der Waals surface area (Å²) in [5, 5.41) is 17.4. The normalized spacial score (nSPS) is 16.7. The molecule has 1 aromatic heterocycles. The highest BCUT2D eigenvalue weighted by Gasteiger charge is 2.44. The molecule has 1 aliphatic rings. The number of urea groups is 1. The summed E-state index contributed by atoms with van der Waals surface area (Å²) in [6.45, 7) is 1.72. The van der Waals surface area contributed by atoms with Gasteiger partial charge in [-0.2, -0.15) is 4.98 Å². The molecule has 0 bridgehead atoms. The van der Waals surface area contributed by atoms with Gasteiger partial charge in [-0.15, -0.1) is 0 Å². The third-order valence-corrected chi connectivity index (χ3v) is 3.10. The first-order valence-corrected chi connectivity index (χ1v) is 5.60. The number of aromatic nitrogens is 2. The molecule has 1 heterocycles. The first kappa shape index (κ1) is 12.3. The fourth-order valence-electron chi connectivity index (χ4n) is 1.81. The Bertz CT molecular complexity index is 466. The van der Waals surface area contributed by atoms with Crippen molar-refractivity contribution in [3.63, 3.8) is 0 Å². The molecule has 98 valence electrons. The van der Waals surface area contributed by atoms with Gasteiger partial charge in [-0.3, -0.25) is 10.1 Å². The van der Waals surface area contributed by atoms with Crippen molar-refractivity contribution in [3.8, 4) is 0 Å². The predicted molar refractivity (Wildman–Crippen MR) is 60.0 cm³/mol. The molecule has 1 saturated carbocycles. The van der Waals surface area contributed by atoms with Crippen LogP contribution in [0.15, 0.2) is 4.52 Å². The Morgan fingerprint density at radius 3 is 2.67 bits per heavy atom. The van der Waals surface area contributed by atoms with Crippen LogP contribution in [0.3, 0.4) is 0 Å². The maximum absolute atomic E-state index is 11.5. The molecular formula is C10H14N4O4. The van der Waals surface area contributed by atoms with E-state index in [1.807, 2.05) is 0 Å². The van der Waals surface area contributed by atoms with Crippen molar-refractivity contribution >= 4 is 18.0 Å². The lowest BCUT2D eigenvalue weighted by Gasteiger charge is -2.37. The molecule has 2 rings (SSSR count). The number of nitrogens with one attached hydrogen (secondary N) is 2. The zero-order chi connectivity index (χ0) is 13.2. The molecule has 8 heteroatoms. The Balaban J connectivity index is 1.83. The maximum atomic E-state index is 11.5. The van der Waals surface area contributed by atoms with Gasteiger partial charge in [-0.25, -0.2) is 4.79 Å². The molecule has 0 atom stereocenters. The summed E-state index contributed by atoms with van der Waals surface area (Å²) in [5.41, 5.74) is -0.817. The molecule has 0 aliphatic heterocycles. The van der Waals surface area contributed by atoms with E-state index in [9.17, 15) is 9.59 Å². The van der Waals surface area contributed by atoms with Crippen LogP contribution in [0.25, 0.3) is 0 Å². The quantitative estimate of drug-likeness (QED) is 0.730. The van der Waals surface area contributed by atoms with Crippen LogP contribution in [0.4, 0.5) is 10.8 Å². The van der Waals surface area contributed by atoms with E-state index in [-0.39, 0.29) is 12.6 Å². The number of carbonyl (C=O) groups is 2. The number of aliphatic carboxylic acids is 1. The van der Waals surface area contributed by atoms with Crippen molar-refractivity contribution in [2.45, 2.75) is 26.2 Å². The Hall–Kier alpha value is -2.12. The van der Waals surface area contributed by atoms with Crippen molar-refractivity contribution in [2.24, 2.45) is 5.41 Å². The van der Waals surface area contributed by atoms with Gasteiger partial charge in [0, 0.05) is 6.54 Å². The average molecular weight is 254 g/mol. The minimum absolute atomic E-state index is 0.0111. The van der Waals surface area contributed by atoms with Gasteiger partial charge in [0.25, 0.3) is 0 Å². The Kier molecular flexibility index (Phi) is 3.17. The molecule has 18 heavy (non-hydrogen) atoms. The van der Waals surface area contributed by atoms with Crippen LogP contribution in [-0.2, 0) is 4.79 Å². The Morgan fingerprint density at radius 2 is 2.22 bits per heavy atom. The van der Waals surface area contributed by atoms with Crippen LogP contribution in [0.5, 0.6) is 0 Å². The average Bonchev–Trinajstić information content (AvgIpc) is 2.61. The summed E-state index contributed by atoms with van der Waals surface area (Å²) >= 11 is 0. The SMILES string of the molecule is Cc1noc(NC(=O)NCC2(C(=O)O)CCC2)n1. The largest absolute Gasteiger partial charge is 0.481 e.